The van der Waals surface area contributed by atoms with E-state index in [1.807, 2.05) is 7.05 Å². The molecule has 1 atom stereocenters. The van der Waals surface area contributed by atoms with Crippen LogP contribution in [0.25, 0.3) is 0 Å². The highest BCUT2D eigenvalue weighted by atomic mass is 127. The lowest BCUT2D eigenvalue weighted by atomic mass is 10.7. The maximum Gasteiger partial charge on any atom is 0.0726 e. The Morgan fingerprint density at radius 1 is 1.75 bits per heavy atom. The third-order valence-corrected chi connectivity index (χ3v) is 1.78. The van der Waals surface area contributed by atoms with Gasteiger partial charge in [0.25, 0.3) is 0 Å². The summed E-state index contributed by atoms with van der Waals surface area (Å²) in [4.78, 5) is 0. The van der Waals surface area contributed by atoms with Crippen LogP contribution in [0.4, 0.5) is 0 Å². The molecule has 0 aliphatic carbocycles. The van der Waals surface area contributed by atoms with E-state index in [9.17, 15) is 0 Å². The van der Waals surface area contributed by atoms with Crippen LogP contribution < -0.4 is 5.43 Å². The smallest absolute Gasteiger partial charge is 0.0726 e. The van der Waals surface area contributed by atoms with Crippen LogP contribution in [0.5, 0.6) is 0 Å². The average molecular weight is 228 g/mol. The summed E-state index contributed by atoms with van der Waals surface area (Å²) in [7, 11) is 2.04. The topological polar surface area (TPSA) is 15.3 Å². The van der Waals surface area contributed by atoms with Gasteiger partial charge in [0.1, 0.15) is 0 Å². The first kappa shape index (κ1) is 8.65. The number of nitrogens with zero attached hydrogens (tertiary/aromatic N) is 1. The minimum absolute atomic E-state index is 0.563. The molecule has 0 aromatic carbocycles. The molecule has 0 saturated carbocycles. The zero-order chi connectivity index (χ0) is 6.57. The lowest BCUT2D eigenvalue weighted by Crippen LogP contribution is -2.37. The Bertz CT molecular complexity index is 56.4. The average Bonchev–Trinajstić information content (AvgIpc) is 1.67. The Kier molecular flexibility index (Phi) is 4.89. The fraction of sp³-hybridized carbons (Fsp3) is 1.00. The first-order chi connectivity index (χ1) is 3.68. The monoisotopic (exact) mass is 228 g/mol. The van der Waals surface area contributed by atoms with Gasteiger partial charge in [0.05, 0.1) is 4.05 Å². The Morgan fingerprint density at radius 2 is 2.25 bits per heavy atom. The Hall–Kier alpha value is 0.650. The molecule has 0 heterocycles. The number of halogens is 1. The fourth-order valence-corrected chi connectivity index (χ4v) is 0.572. The van der Waals surface area contributed by atoms with Crippen LogP contribution in [0, 0.1) is 0 Å². The summed E-state index contributed by atoms with van der Waals surface area (Å²) in [6.07, 6.45) is 0. The van der Waals surface area contributed by atoms with Crippen LogP contribution in [-0.4, -0.2) is 22.6 Å². The standard InChI is InChI=1S/C5H13IN2/c1-4-7-8(3)5(2)6/h5,7H,4H2,1-3H3. The molecule has 50 valence electrons. The summed E-state index contributed by atoms with van der Waals surface area (Å²) < 4.78 is 0.563. The van der Waals surface area contributed by atoms with E-state index in [4.69, 9.17) is 0 Å². The molecular formula is C5H13IN2. The van der Waals surface area contributed by atoms with Crippen molar-refractivity contribution in [2.75, 3.05) is 13.6 Å². The van der Waals surface area contributed by atoms with Crippen LogP contribution in [0.2, 0.25) is 0 Å². The third kappa shape index (κ3) is 3.63. The molecule has 8 heavy (non-hydrogen) atoms. The van der Waals surface area contributed by atoms with E-state index >= 15 is 0 Å². The molecule has 0 fully saturated rings. The number of alkyl halides is 1. The molecule has 0 aromatic heterocycles. The second kappa shape index (κ2) is 4.52. The Balaban J connectivity index is 3.17. The summed E-state index contributed by atoms with van der Waals surface area (Å²) >= 11 is 2.36. The van der Waals surface area contributed by atoms with Gasteiger partial charge in [0.2, 0.25) is 0 Å². The molecule has 0 saturated heterocycles. The summed E-state index contributed by atoms with van der Waals surface area (Å²) in [6.45, 7) is 5.24. The predicted octanol–water partition coefficient (Wildman–Crippen LogP) is 1.22. The van der Waals surface area contributed by atoms with Gasteiger partial charge in [-0.25, -0.2) is 5.01 Å². The van der Waals surface area contributed by atoms with Crippen LogP contribution >= 0.6 is 22.6 Å². The normalized spacial score (nSPS) is 14.6. The van der Waals surface area contributed by atoms with Gasteiger partial charge in [-0.3, -0.25) is 5.43 Å². The zero-order valence-electron chi connectivity index (χ0n) is 5.61. The van der Waals surface area contributed by atoms with Crippen molar-refractivity contribution in [3.05, 3.63) is 0 Å². The Morgan fingerprint density at radius 3 is 2.38 bits per heavy atom. The van der Waals surface area contributed by atoms with Crippen molar-refractivity contribution in [3.8, 4) is 0 Å². The maximum atomic E-state index is 3.17. The number of hydrogen-bond donors (Lipinski definition) is 1. The van der Waals surface area contributed by atoms with Crippen molar-refractivity contribution in [1.29, 1.82) is 0 Å². The van der Waals surface area contributed by atoms with Crippen LogP contribution in [0.3, 0.4) is 0 Å². The van der Waals surface area contributed by atoms with Crippen molar-refractivity contribution in [2.24, 2.45) is 0 Å². The number of nitrogens with one attached hydrogen (secondary N) is 1. The summed E-state index contributed by atoms with van der Waals surface area (Å²) in [5, 5.41) is 2.08. The van der Waals surface area contributed by atoms with E-state index < -0.39 is 0 Å². The summed E-state index contributed by atoms with van der Waals surface area (Å²) in [5.74, 6) is 0. The van der Waals surface area contributed by atoms with Gasteiger partial charge in [0.15, 0.2) is 0 Å². The van der Waals surface area contributed by atoms with Crippen molar-refractivity contribution >= 4 is 22.6 Å². The van der Waals surface area contributed by atoms with E-state index in [1.165, 1.54) is 0 Å². The second-order valence-corrected chi connectivity index (χ2v) is 3.50. The first-order valence-corrected chi connectivity index (χ1v) is 4.03. The maximum absolute atomic E-state index is 3.17. The van der Waals surface area contributed by atoms with Gasteiger partial charge >= 0.3 is 0 Å². The highest BCUT2D eigenvalue weighted by Crippen LogP contribution is 1.99. The summed E-state index contributed by atoms with van der Waals surface area (Å²) in [6, 6.07) is 0. The molecule has 0 bridgehead atoms. The van der Waals surface area contributed by atoms with E-state index in [1.54, 1.807) is 0 Å². The largest absolute Gasteiger partial charge is 0.255 e. The van der Waals surface area contributed by atoms with Gasteiger partial charge in [-0.1, -0.05) is 29.5 Å². The van der Waals surface area contributed by atoms with Crippen molar-refractivity contribution in [1.82, 2.24) is 10.4 Å². The number of hydrazine groups is 1. The number of rotatable bonds is 3. The fourth-order valence-electron chi connectivity index (χ4n) is 0.375. The first-order valence-electron chi connectivity index (χ1n) is 2.79. The van der Waals surface area contributed by atoms with E-state index in [0.29, 0.717) is 4.05 Å². The molecule has 2 nitrogen and oxygen atoms in total. The Labute approximate surface area is 64.7 Å². The van der Waals surface area contributed by atoms with E-state index in [2.05, 4.69) is 46.9 Å². The summed E-state index contributed by atoms with van der Waals surface area (Å²) in [5.41, 5.74) is 3.17. The molecule has 3 heteroatoms. The molecule has 0 aliphatic heterocycles. The van der Waals surface area contributed by atoms with Gasteiger partial charge in [0, 0.05) is 13.6 Å². The quantitative estimate of drug-likeness (QED) is 0.338. The lowest BCUT2D eigenvalue weighted by Gasteiger charge is -2.19. The second-order valence-electron chi connectivity index (χ2n) is 1.70. The van der Waals surface area contributed by atoms with Crippen LogP contribution in [0.15, 0.2) is 0 Å². The van der Waals surface area contributed by atoms with Crippen molar-refractivity contribution in [2.45, 2.75) is 17.9 Å². The zero-order valence-corrected chi connectivity index (χ0v) is 7.77. The molecule has 0 amide bonds. The highest BCUT2D eigenvalue weighted by molar-refractivity contribution is 14.1. The molecular weight excluding hydrogens is 215 g/mol. The molecule has 0 spiro atoms. The van der Waals surface area contributed by atoms with Crippen LogP contribution in [-0.2, 0) is 0 Å². The molecule has 1 unspecified atom stereocenters. The van der Waals surface area contributed by atoms with Crippen LogP contribution in [0.1, 0.15) is 13.8 Å². The van der Waals surface area contributed by atoms with Gasteiger partial charge in [-0.15, -0.1) is 0 Å². The van der Waals surface area contributed by atoms with E-state index in [-0.39, 0.29) is 0 Å². The molecule has 0 radical (unpaired) electrons. The molecule has 0 aliphatic rings. The SMILES string of the molecule is CCNN(C)C(C)I. The van der Waals surface area contributed by atoms with Gasteiger partial charge < -0.3 is 0 Å². The third-order valence-electron chi connectivity index (χ3n) is 0.941. The predicted molar refractivity (Wildman–Crippen MR) is 44.9 cm³/mol. The molecule has 0 aromatic rings. The number of hydrogen-bond acceptors (Lipinski definition) is 2. The minimum Gasteiger partial charge on any atom is -0.255 e. The van der Waals surface area contributed by atoms with E-state index in [0.717, 1.165) is 6.54 Å². The van der Waals surface area contributed by atoms with Gasteiger partial charge in [-0.2, -0.15) is 0 Å². The molecule has 1 N–H and O–H groups in total. The molecule has 0 rings (SSSR count). The van der Waals surface area contributed by atoms with Crippen molar-refractivity contribution in [3.63, 3.8) is 0 Å². The minimum atomic E-state index is 0.563. The highest BCUT2D eigenvalue weighted by Gasteiger charge is 1.99. The van der Waals surface area contributed by atoms with Gasteiger partial charge in [-0.05, 0) is 6.92 Å². The van der Waals surface area contributed by atoms with Crippen molar-refractivity contribution < 1.29 is 0 Å². The lowest BCUT2D eigenvalue weighted by molar-refractivity contribution is 0.244.